The lowest BCUT2D eigenvalue weighted by atomic mass is 10.1. The van der Waals surface area contributed by atoms with E-state index in [4.69, 9.17) is 21.1 Å². The summed E-state index contributed by atoms with van der Waals surface area (Å²) < 4.78 is 10.6. The maximum atomic E-state index is 12.3. The molecule has 0 saturated carbocycles. The molecular formula is C16H10ClNO6S. The van der Waals surface area contributed by atoms with Crippen molar-refractivity contribution in [2.24, 2.45) is 0 Å². The first-order valence-corrected chi connectivity index (χ1v) is 8.16. The molecule has 0 N–H and O–H groups in total. The minimum atomic E-state index is -1.57. The van der Waals surface area contributed by atoms with E-state index in [1.807, 2.05) is 0 Å². The summed E-state index contributed by atoms with van der Waals surface area (Å²) in [7, 11) is 0. The number of cyclic esters (lactones) is 2. The van der Waals surface area contributed by atoms with Gasteiger partial charge in [0.2, 0.25) is 0 Å². The summed E-state index contributed by atoms with van der Waals surface area (Å²) in [5.74, 6) is -3.31. The molecule has 2 heterocycles. The second-order valence-corrected chi connectivity index (χ2v) is 6.75. The lowest BCUT2D eigenvalue weighted by molar-refractivity contribution is -0.380. The molecule has 1 aliphatic rings. The van der Waals surface area contributed by atoms with Crippen LogP contribution in [0.3, 0.4) is 0 Å². The molecule has 0 unspecified atom stereocenters. The van der Waals surface area contributed by atoms with Crippen LogP contribution in [0.2, 0.25) is 5.02 Å². The van der Waals surface area contributed by atoms with Gasteiger partial charge in [-0.2, -0.15) is 0 Å². The first kappa shape index (κ1) is 17.1. The van der Waals surface area contributed by atoms with Crippen LogP contribution < -0.4 is 0 Å². The van der Waals surface area contributed by atoms with Gasteiger partial charge in [0.25, 0.3) is 5.79 Å². The number of nitrogens with zero attached hydrogens (tertiary/aromatic N) is 1. The second-order valence-electron chi connectivity index (χ2n) is 5.22. The van der Waals surface area contributed by atoms with Gasteiger partial charge in [0.05, 0.1) is 4.92 Å². The minimum absolute atomic E-state index is 0.101. The number of ether oxygens (including phenoxy) is 2. The molecule has 0 spiro atoms. The third kappa shape index (κ3) is 3.40. The molecule has 3 rings (SSSR count). The largest absolute Gasteiger partial charge is 0.414 e. The van der Waals surface area contributed by atoms with Crippen LogP contribution in [0, 0.1) is 10.1 Å². The Kier molecular flexibility index (Phi) is 4.32. The summed E-state index contributed by atoms with van der Waals surface area (Å²) in [4.78, 5) is 35.0. The van der Waals surface area contributed by atoms with Gasteiger partial charge in [-0.15, -0.1) is 0 Å². The molecule has 1 fully saturated rings. The number of carbonyl (C=O) groups excluding carboxylic acids is 2. The molecule has 9 heteroatoms. The number of benzene rings is 1. The summed E-state index contributed by atoms with van der Waals surface area (Å²) in [6.45, 7) is 1.44. The van der Waals surface area contributed by atoms with Gasteiger partial charge in [-0.1, -0.05) is 22.9 Å². The Labute approximate surface area is 150 Å². The highest BCUT2D eigenvalue weighted by Gasteiger charge is 2.44. The van der Waals surface area contributed by atoms with Gasteiger partial charge in [0.1, 0.15) is 5.57 Å². The van der Waals surface area contributed by atoms with Gasteiger partial charge < -0.3 is 9.47 Å². The number of nitro groups is 1. The highest BCUT2D eigenvalue weighted by atomic mass is 35.5. The molecule has 1 aromatic carbocycles. The van der Waals surface area contributed by atoms with Crippen LogP contribution in [0.25, 0.3) is 6.08 Å². The quantitative estimate of drug-likeness (QED) is 0.265. The number of rotatable bonds is 3. The molecule has 7 nitrogen and oxygen atoms in total. The lowest BCUT2D eigenvalue weighted by Gasteiger charge is -2.33. The predicted molar refractivity (Wildman–Crippen MR) is 89.9 cm³/mol. The Morgan fingerprint density at radius 1 is 1.12 bits per heavy atom. The van der Waals surface area contributed by atoms with Crippen molar-refractivity contribution >= 4 is 46.0 Å². The fourth-order valence-electron chi connectivity index (χ4n) is 2.22. The van der Waals surface area contributed by atoms with E-state index in [1.165, 1.54) is 25.1 Å². The van der Waals surface area contributed by atoms with Crippen LogP contribution in [0.1, 0.15) is 17.4 Å². The van der Waals surface area contributed by atoms with Crippen LogP contribution in [0.15, 0.2) is 42.0 Å². The molecule has 0 radical (unpaired) electrons. The van der Waals surface area contributed by atoms with Crippen LogP contribution in [-0.4, -0.2) is 16.9 Å². The van der Waals surface area contributed by atoms with Gasteiger partial charge in [0, 0.05) is 28.5 Å². The second kappa shape index (κ2) is 6.30. The Morgan fingerprint density at radius 3 is 2.24 bits per heavy atom. The summed E-state index contributed by atoms with van der Waals surface area (Å²) in [6, 6.07) is 9.05. The lowest BCUT2D eigenvalue weighted by Crippen LogP contribution is -2.42. The Hall–Kier alpha value is -2.71. The van der Waals surface area contributed by atoms with E-state index in [0.717, 1.165) is 11.3 Å². The van der Waals surface area contributed by atoms with Crippen molar-refractivity contribution in [1.29, 1.82) is 0 Å². The zero-order valence-electron chi connectivity index (χ0n) is 12.7. The van der Waals surface area contributed by atoms with E-state index in [2.05, 4.69) is 0 Å². The van der Waals surface area contributed by atoms with Gasteiger partial charge in [-0.05, 0) is 36.4 Å². The number of halogens is 1. The summed E-state index contributed by atoms with van der Waals surface area (Å²) >= 11 is 6.65. The van der Waals surface area contributed by atoms with Gasteiger partial charge in [0.15, 0.2) is 0 Å². The van der Waals surface area contributed by atoms with E-state index >= 15 is 0 Å². The molecule has 0 atom stereocenters. The molecule has 1 saturated heterocycles. The van der Waals surface area contributed by atoms with Gasteiger partial charge >= 0.3 is 16.9 Å². The van der Waals surface area contributed by atoms with E-state index in [0.29, 0.717) is 15.5 Å². The fraction of sp³-hybridized carbons (Fsp3) is 0.125. The molecule has 0 amide bonds. The van der Waals surface area contributed by atoms with Crippen LogP contribution in [0.4, 0.5) is 5.00 Å². The highest BCUT2D eigenvalue weighted by molar-refractivity contribution is 7.16. The number of hydrogen-bond acceptors (Lipinski definition) is 7. The number of thiophene rings is 1. The third-order valence-electron chi connectivity index (χ3n) is 3.46. The van der Waals surface area contributed by atoms with Crippen molar-refractivity contribution in [2.75, 3.05) is 0 Å². The van der Waals surface area contributed by atoms with Crippen molar-refractivity contribution in [3.8, 4) is 0 Å². The molecule has 1 aromatic heterocycles. The number of esters is 2. The molecule has 1 aliphatic heterocycles. The number of carbonyl (C=O) groups is 2. The molecule has 128 valence electrons. The minimum Gasteiger partial charge on any atom is -0.414 e. The predicted octanol–water partition coefficient (Wildman–Crippen LogP) is 3.67. The maximum Gasteiger partial charge on any atom is 0.349 e. The Morgan fingerprint density at radius 2 is 1.72 bits per heavy atom. The van der Waals surface area contributed by atoms with Crippen molar-refractivity contribution in [2.45, 2.75) is 12.7 Å². The Bertz CT molecular complexity index is 882. The van der Waals surface area contributed by atoms with Gasteiger partial charge in [-0.3, -0.25) is 10.1 Å². The van der Waals surface area contributed by atoms with Crippen LogP contribution in [-0.2, 0) is 24.8 Å². The van der Waals surface area contributed by atoms with E-state index in [9.17, 15) is 19.7 Å². The smallest absolute Gasteiger partial charge is 0.349 e. The Balaban J connectivity index is 1.88. The molecule has 2 aromatic rings. The first-order chi connectivity index (χ1) is 11.8. The van der Waals surface area contributed by atoms with E-state index in [-0.39, 0.29) is 10.6 Å². The molecule has 0 aliphatic carbocycles. The standard InChI is InChI=1S/C16H10ClNO6S/c1-16(9-2-4-10(17)5-3-9)23-14(19)12(15(20)24-16)8-11-6-7-13(25-11)18(21)22/h2-8H,1H3. The van der Waals surface area contributed by atoms with Gasteiger partial charge in [-0.25, -0.2) is 9.59 Å². The summed E-state index contributed by atoms with van der Waals surface area (Å²) in [5.41, 5.74) is 0.118. The summed E-state index contributed by atoms with van der Waals surface area (Å²) in [5, 5.41) is 11.1. The zero-order chi connectivity index (χ0) is 18.2. The average molecular weight is 380 g/mol. The van der Waals surface area contributed by atoms with Crippen LogP contribution >= 0.6 is 22.9 Å². The average Bonchev–Trinajstić information content (AvgIpc) is 3.00. The zero-order valence-corrected chi connectivity index (χ0v) is 14.3. The highest BCUT2D eigenvalue weighted by Crippen LogP contribution is 2.35. The SMILES string of the molecule is CC1(c2ccc(Cl)cc2)OC(=O)C(=Cc2ccc([N+](=O)[O-])s2)C(=O)O1. The third-order valence-corrected chi connectivity index (χ3v) is 4.70. The topological polar surface area (TPSA) is 95.7 Å². The first-order valence-electron chi connectivity index (χ1n) is 6.97. The van der Waals surface area contributed by atoms with Crippen molar-refractivity contribution in [3.05, 3.63) is 67.5 Å². The fourth-order valence-corrected chi connectivity index (χ4v) is 3.11. The number of hydrogen-bond donors (Lipinski definition) is 0. The van der Waals surface area contributed by atoms with E-state index < -0.39 is 22.6 Å². The van der Waals surface area contributed by atoms with Crippen LogP contribution in [0.5, 0.6) is 0 Å². The van der Waals surface area contributed by atoms with Crippen molar-refractivity contribution < 1.29 is 24.0 Å². The monoisotopic (exact) mass is 379 g/mol. The maximum absolute atomic E-state index is 12.3. The molecule has 25 heavy (non-hydrogen) atoms. The molecular weight excluding hydrogens is 370 g/mol. The summed E-state index contributed by atoms with van der Waals surface area (Å²) in [6.07, 6.45) is 1.21. The van der Waals surface area contributed by atoms with Crippen molar-refractivity contribution in [1.82, 2.24) is 0 Å². The van der Waals surface area contributed by atoms with E-state index in [1.54, 1.807) is 24.3 Å². The normalized spacial score (nSPS) is 20.0. The molecule has 0 bridgehead atoms. The van der Waals surface area contributed by atoms with Crippen molar-refractivity contribution in [3.63, 3.8) is 0 Å².